The van der Waals surface area contributed by atoms with Crippen LogP contribution in [-0.2, 0) is 0 Å². The summed E-state index contributed by atoms with van der Waals surface area (Å²) in [6, 6.07) is 46.4. The molecular formula is C40H29N3O3. The minimum Gasteiger partial charge on any atom is -0.355 e. The highest BCUT2D eigenvalue weighted by atomic mass is 16.6. The predicted octanol–water partition coefficient (Wildman–Crippen LogP) is 8.91. The highest BCUT2D eigenvalue weighted by molar-refractivity contribution is 6.05. The third-order valence-electron chi connectivity index (χ3n) is 9.40. The first-order chi connectivity index (χ1) is 22.6. The Morgan fingerprint density at radius 2 is 1.35 bits per heavy atom. The van der Waals surface area contributed by atoms with E-state index in [0.29, 0.717) is 5.56 Å². The number of carbonyl (C=O) groups is 1. The molecule has 0 spiro atoms. The molecular weight excluding hydrogens is 570 g/mol. The maximum atomic E-state index is 14.9. The number of non-ortho nitro benzene ring substituents is 1. The third-order valence-corrected chi connectivity index (χ3v) is 9.40. The summed E-state index contributed by atoms with van der Waals surface area (Å²) in [5.74, 6) is -0.701. The smallest absolute Gasteiger partial charge is 0.269 e. The average molecular weight is 600 g/mol. The topological polar surface area (TPSA) is 76.3 Å². The van der Waals surface area contributed by atoms with Crippen LogP contribution in [0.5, 0.6) is 0 Å². The minimum atomic E-state index is -0.488. The Hall–Kier alpha value is -5.88. The molecule has 4 atom stereocenters. The van der Waals surface area contributed by atoms with Gasteiger partial charge in [-0.05, 0) is 41.0 Å². The molecule has 0 radical (unpaired) electrons. The molecule has 0 amide bonds. The van der Waals surface area contributed by atoms with Gasteiger partial charge in [0.15, 0.2) is 5.78 Å². The molecule has 1 fully saturated rings. The van der Waals surface area contributed by atoms with Gasteiger partial charge < -0.3 is 4.90 Å². The highest BCUT2D eigenvalue weighted by Gasteiger charge is 2.56. The van der Waals surface area contributed by atoms with Crippen LogP contribution in [0.1, 0.15) is 44.7 Å². The molecule has 0 N–H and O–H groups in total. The first-order valence-corrected chi connectivity index (χ1v) is 15.4. The van der Waals surface area contributed by atoms with Crippen molar-refractivity contribution in [3.63, 3.8) is 0 Å². The van der Waals surface area contributed by atoms with Gasteiger partial charge in [-0.15, -0.1) is 0 Å². The zero-order chi connectivity index (χ0) is 31.2. The van der Waals surface area contributed by atoms with Crippen LogP contribution in [-0.4, -0.2) is 21.7 Å². The number of pyridine rings is 1. The van der Waals surface area contributed by atoms with Crippen molar-refractivity contribution in [3.05, 3.63) is 184 Å². The summed E-state index contributed by atoms with van der Waals surface area (Å²) in [6.45, 7) is 0. The fourth-order valence-electron chi connectivity index (χ4n) is 7.43. The lowest BCUT2D eigenvalue weighted by Crippen LogP contribution is -2.40. The highest BCUT2D eigenvalue weighted by Crippen LogP contribution is 2.58. The fraction of sp³-hybridized carbons (Fsp3) is 0.100. The van der Waals surface area contributed by atoms with E-state index >= 15 is 0 Å². The number of anilines is 1. The Morgan fingerprint density at radius 1 is 0.674 bits per heavy atom. The first kappa shape index (κ1) is 27.7. The van der Waals surface area contributed by atoms with E-state index in [2.05, 4.69) is 53.4 Å². The Morgan fingerprint density at radius 3 is 2.11 bits per heavy atom. The van der Waals surface area contributed by atoms with Gasteiger partial charge in [0.05, 0.1) is 34.1 Å². The molecule has 5 aromatic carbocycles. The van der Waals surface area contributed by atoms with Crippen molar-refractivity contribution >= 4 is 39.7 Å². The molecule has 0 aliphatic carbocycles. The van der Waals surface area contributed by atoms with E-state index in [9.17, 15) is 14.9 Å². The number of rotatable bonds is 6. The van der Waals surface area contributed by atoms with Crippen molar-refractivity contribution < 1.29 is 9.72 Å². The van der Waals surface area contributed by atoms with E-state index in [0.717, 1.165) is 44.5 Å². The summed E-state index contributed by atoms with van der Waals surface area (Å²) in [7, 11) is 0. The van der Waals surface area contributed by atoms with Crippen molar-refractivity contribution in [2.75, 3.05) is 4.90 Å². The number of nitrogens with zero attached hydrogens (tertiary/aromatic N) is 3. The lowest BCUT2D eigenvalue weighted by atomic mass is 9.74. The van der Waals surface area contributed by atoms with Gasteiger partial charge >= 0.3 is 0 Å². The molecule has 1 saturated heterocycles. The zero-order valence-electron chi connectivity index (χ0n) is 24.8. The molecule has 6 aromatic rings. The fourth-order valence-corrected chi connectivity index (χ4v) is 7.43. The lowest BCUT2D eigenvalue weighted by molar-refractivity contribution is -0.384. The molecule has 8 rings (SSSR count). The van der Waals surface area contributed by atoms with Crippen LogP contribution in [0.2, 0.25) is 0 Å². The molecule has 0 saturated carbocycles. The number of aromatic nitrogens is 1. The van der Waals surface area contributed by atoms with Crippen LogP contribution >= 0.6 is 0 Å². The number of ketones is 1. The molecule has 6 nitrogen and oxygen atoms in total. The molecule has 0 bridgehead atoms. The number of nitro groups is 1. The SMILES string of the molecule is O=C(c1ccccc1)[C@@H]1[C@H](c2ccccc2)[C@H](c2ccc([N+](=O)[O-])cc2)N2c3ccccc3C=C(c3ccc4ccccc4n3)[C@H]12. The number of carbonyl (C=O) groups excluding carboxylic acids is 1. The second-order valence-electron chi connectivity index (χ2n) is 11.9. The van der Waals surface area contributed by atoms with E-state index in [4.69, 9.17) is 4.98 Å². The van der Waals surface area contributed by atoms with Crippen molar-refractivity contribution in [3.8, 4) is 0 Å². The van der Waals surface area contributed by atoms with Gasteiger partial charge in [0.1, 0.15) is 0 Å². The van der Waals surface area contributed by atoms with Crippen molar-refractivity contribution in [2.45, 2.75) is 18.0 Å². The van der Waals surface area contributed by atoms with E-state index in [1.54, 1.807) is 12.1 Å². The quantitative estimate of drug-likeness (QED) is 0.109. The molecule has 0 unspecified atom stereocenters. The van der Waals surface area contributed by atoms with Gasteiger partial charge in [-0.3, -0.25) is 14.9 Å². The molecule has 6 heteroatoms. The van der Waals surface area contributed by atoms with Crippen molar-refractivity contribution in [2.24, 2.45) is 5.92 Å². The van der Waals surface area contributed by atoms with Crippen LogP contribution < -0.4 is 4.90 Å². The van der Waals surface area contributed by atoms with Crippen LogP contribution in [0.3, 0.4) is 0 Å². The van der Waals surface area contributed by atoms with E-state index < -0.39 is 5.92 Å². The van der Waals surface area contributed by atoms with Crippen LogP contribution in [0.4, 0.5) is 11.4 Å². The number of hydrogen-bond acceptors (Lipinski definition) is 5. The average Bonchev–Trinajstić information content (AvgIpc) is 3.48. The second-order valence-corrected chi connectivity index (χ2v) is 11.9. The lowest BCUT2D eigenvalue weighted by Gasteiger charge is -2.39. The summed E-state index contributed by atoms with van der Waals surface area (Å²) in [5.41, 5.74) is 7.39. The summed E-state index contributed by atoms with van der Waals surface area (Å²) < 4.78 is 0. The Labute approximate surface area is 266 Å². The summed E-state index contributed by atoms with van der Waals surface area (Å²) in [4.78, 5) is 33.7. The summed E-state index contributed by atoms with van der Waals surface area (Å²) >= 11 is 0. The Balaban J connectivity index is 1.41. The molecule has 222 valence electrons. The summed E-state index contributed by atoms with van der Waals surface area (Å²) in [6.07, 6.45) is 2.19. The van der Waals surface area contributed by atoms with Gasteiger partial charge in [0, 0.05) is 40.3 Å². The van der Waals surface area contributed by atoms with Gasteiger partial charge in [-0.2, -0.15) is 0 Å². The number of nitro benzene ring substituents is 1. The molecule has 3 heterocycles. The normalized spacial score (nSPS) is 20.1. The molecule has 46 heavy (non-hydrogen) atoms. The monoisotopic (exact) mass is 599 g/mol. The van der Waals surface area contributed by atoms with Crippen LogP contribution in [0.15, 0.2) is 146 Å². The number of fused-ring (bicyclic) bond motifs is 4. The zero-order valence-corrected chi connectivity index (χ0v) is 24.8. The van der Waals surface area contributed by atoms with Gasteiger partial charge in [-0.1, -0.05) is 115 Å². The number of para-hydroxylation sites is 2. The van der Waals surface area contributed by atoms with Crippen LogP contribution in [0.25, 0.3) is 22.6 Å². The predicted molar refractivity (Wildman–Crippen MR) is 182 cm³/mol. The standard InChI is InChI=1S/C40H29N3O3/c44-40(29-14-5-2-6-15-29)37-36(27-12-3-1-4-13-27)38(28-19-22-31(23-20-28)43(45)46)42-35-18-10-8-16-30(35)25-32(39(37)42)34-24-21-26-11-7-9-17-33(26)41-34/h1-25,36-39H/t36-,37+,38-,39+/m0/s1. The first-order valence-electron chi connectivity index (χ1n) is 15.4. The van der Waals surface area contributed by atoms with E-state index in [-0.39, 0.29) is 34.4 Å². The van der Waals surface area contributed by atoms with Crippen molar-refractivity contribution in [1.82, 2.24) is 4.98 Å². The van der Waals surface area contributed by atoms with Gasteiger partial charge in [0.25, 0.3) is 5.69 Å². The number of benzene rings is 5. The second kappa shape index (κ2) is 11.2. The molecule has 1 aromatic heterocycles. The Bertz CT molecular complexity index is 2130. The van der Waals surface area contributed by atoms with E-state index in [1.165, 1.54) is 0 Å². The summed E-state index contributed by atoms with van der Waals surface area (Å²) in [5, 5.41) is 12.7. The number of Topliss-reactive ketones (excluding diaryl/α,β-unsaturated/α-hetero) is 1. The van der Waals surface area contributed by atoms with Crippen molar-refractivity contribution in [1.29, 1.82) is 0 Å². The number of hydrogen-bond donors (Lipinski definition) is 0. The Kier molecular flexibility index (Phi) is 6.76. The largest absolute Gasteiger partial charge is 0.355 e. The molecule has 2 aliphatic heterocycles. The minimum absolute atomic E-state index is 0.0338. The molecule has 2 aliphatic rings. The maximum Gasteiger partial charge on any atom is 0.269 e. The van der Waals surface area contributed by atoms with Crippen LogP contribution in [0, 0.1) is 16.0 Å². The van der Waals surface area contributed by atoms with E-state index in [1.807, 2.05) is 91.0 Å². The maximum absolute atomic E-state index is 14.9. The van der Waals surface area contributed by atoms with Gasteiger partial charge in [0.2, 0.25) is 0 Å². The third kappa shape index (κ3) is 4.58. The van der Waals surface area contributed by atoms with Gasteiger partial charge in [-0.25, -0.2) is 4.98 Å².